The Morgan fingerprint density at radius 2 is 2.32 bits per heavy atom. The molecule has 0 unspecified atom stereocenters. The van der Waals surface area contributed by atoms with E-state index in [2.05, 4.69) is 20.9 Å². The largest absolute Gasteiger partial charge is 0.478 e. The number of piperidine rings is 1. The fraction of sp³-hybridized carbons (Fsp3) is 0.500. The number of rotatable bonds is 3. The summed E-state index contributed by atoms with van der Waals surface area (Å²) in [6.45, 7) is 1.07. The van der Waals surface area contributed by atoms with Gasteiger partial charge in [-0.25, -0.2) is 9.78 Å². The third kappa shape index (κ3) is 3.23. The third-order valence-corrected chi connectivity index (χ3v) is 3.68. The highest BCUT2D eigenvalue weighted by Gasteiger charge is 2.27. The Bertz CT molecular complexity index is 483. The molecule has 0 radical (unpaired) electrons. The van der Waals surface area contributed by atoms with Crippen molar-refractivity contribution in [3.63, 3.8) is 0 Å². The van der Waals surface area contributed by atoms with Crippen LogP contribution in [0.1, 0.15) is 16.8 Å². The predicted molar refractivity (Wildman–Crippen MR) is 72.5 cm³/mol. The fourth-order valence-corrected chi connectivity index (χ4v) is 2.75. The van der Waals surface area contributed by atoms with Crippen LogP contribution in [0.2, 0.25) is 0 Å². The van der Waals surface area contributed by atoms with Gasteiger partial charge in [0.1, 0.15) is 5.82 Å². The number of ether oxygens (including phenoxy) is 1. The first-order chi connectivity index (χ1) is 9.01. The van der Waals surface area contributed by atoms with Crippen molar-refractivity contribution in [3.8, 4) is 0 Å². The van der Waals surface area contributed by atoms with Gasteiger partial charge in [0.15, 0.2) is 0 Å². The lowest BCUT2D eigenvalue weighted by Gasteiger charge is -2.36. The zero-order valence-corrected chi connectivity index (χ0v) is 12.0. The van der Waals surface area contributed by atoms with Gasteiger partial charge in [-0.1, -0.05) is 0 Å². The smallest absolute Gasteiger partial charge is 0.337 e. The first-order valence-corrected chi connectivity index (χ1v) is 6.65. The van der Waals surface area contributed by atoms with Gasteiger partial charge in [-0.2, -0.15) is 0 Å². The number of pyridine rings is 1. The van der Waals surface area contributed by atoms with E-state index in [-0.39, 0.29) is 11.7 Å². The van der Waals surface area contributed by atoms with Crippen molar-refractivity contribution in [1.82, 2.24) is 4.98 Å². The molecule has 6 nitrogen and oxygen atoms in total. The molecule has 0 saturated carbocycles. The average molecular weight is 331 g/mol. The number of hydrogen-bond acceptors (Lipinski definition) is 5. The molecule has 1 fully saturated rings. The number of β-amino-alcohol motifs (C(OH)–C–C–N with tert-alkyl or cyclic N) is 1. The number of halogens is 1. The zero-order valence-electron chi connectivity index (χ0n) is 10.4. The maximum atomic E-state index is 10.9. The van der Waals surface area contributed by atoms with Crippen molar-refractivity contribution in [3.05, 3.63) is 22.3 Å². The van der Waals surface area contributed by atoms with Crippen molar-refractivity contribution in [1.29, 1.82) is 0 Å². The van der Waals surface area contributed by atoms with Crippen LogP contribution >= 0.6 is 15.9 Å². The predicted octanol–water partition coefficient (Wildman–Crippen LogP) is 1.13. The summed E-state index contributed by atoms with van der Waals surface area (Å²) in [7, 11) is 1.61. The van der Waals surface area contributed by atoms with E-state index in [1.54, 1.807) is 7.11 Å². The van der Waals surface area contributed by atoms with Crippen LogP contribution in [0.3, 0.4) is 0 Å². The summed E-state index contributed by atoms with van der Waals surface area (Å²) in [6, 6.07) is 1.51. The van der Waals surface area contributed by atoms with Gasteiger partial charge in [0.05, 0.1) is 22.2 Å². The molecule has 1 aromatic heterocycles. The number of carboxylic acid groups (broad SMARTS) is 1. The molecule has 0 aliphatic carbocycles. The van der Waals surface area contributed by atoms with E-state index >= 15 is 0 Å². The highest BCUT2D eigenvalue weighted by atomic mass is 79.9. The number of anilines is 1. The molecule has 1 aliphatic heterocycles. The number of nitrogens with zero attached hydrogens (tertiary/aromatic N) is 2. The van der Waals surface area contributed by atoms with Gasteiger partial charge in [0, 0.05) is 32.8 Å². The number of carbonyl (C=O) groups is 1. The first-order valence-electron chi connectivity index (χ1n) is 5.86. The number of methoxy groups -OCH3 is 1. The maximum Gasteiger partial charge on any atom is 0.337 e. The standard InChI is InChI=1S/C12H15BrN2O4/c1-19-9-3-8(16)5-15(6-9)11-10(13)2-7(4-14-11)12(17)18/h2,4,8-9,16H,3,5-6H2,1H3,(H,17,18)/t8-,9-/m1/s1. The Kier molecular flexibility index (Phi) is 4.38. The van der Waals surface area contributed by atoms with Gasteiger partial charge in [-0.15, -0.1) is 0 Å². The second kappa shape index (κ2) is 5.85. The minimum atomic E-state index is -1.02. The van der Waals surface area contributed by atoms with E-state index in [0.29, 0.717) is 29.8 Å². The fourth-order valence-electron chi connectivity index (χ4n) is 2.15. The van der Waals surface area contributed by atoms with Gasteiger partial charge < -0.3 is 19.8 Å². The van der Waals surface area contributed by atoms with E-state index in [0.717, 1.165) is 0 Å². The normalized spacial score (nSPS) is 23.4. The van der Waals surface area contributed by atoms with Crippen LogP contribution in [-0.2, 0) is 4.74 Å². The molecule has 2 N–H and O–H groups in total. The molecule has 0 amide bonds. The van der Waals surface area contributed by atoms with E-state index in [1.165, 1.54) is 12.3 Å². The second-order valence-electron chi connectivity index (χ2n) is 4.49. The summed E-state index contributed by atoms with van der Waals surface area (Å²) >= 11 is 3.32. The maximum absolute atomic E-state index is 10.9. The number of aromatic nitrogens is 1. The lowest BCUT2D eigenvalue weighted by atomic mass is 10.1. The lowest BCUT2D eigenvalue weighted by Crippen LogP contribution is -2.47. The molecule has 1 saturated heterocycles. The van der Waals surface area contributed by atoms with Crippen LogP contribution in [0.4, 0.5) is 5.82 Å². The molecule has 0 spiro atoms. The SMILES string of the molecule is CO[C@@H]1C[C@@H](O)CN(c2ncc(C(=O)O)cc2Br)C1. The van der Waals surface area contributed by atoms with Gasteiger partial charge >= 0.3 is 5.97 Å². The molecule has 19 heavy (non-hydrogen) atoms. The quantitative estimate of drug-likeness (QED) is 0.864. The number of carboxylic acids is 1. The topological polar surface area (TPSA) is 82.9 Å². The van der Waals surface area contributed by atoms with E-state index in [9.17, 15) is 9.90 Å². The van der Waals surface area contributed by atoms with Gasteiger partial charge in [0.2, 0.25) is 0 Å². The molecule has 1 aromatic rings. The first kappa shape index (κ1) is 14.2. The summed E-state index contributed by atoms with van der Waals surface area (Å²) in [5, 5.41) is 18.7. The molecule has 2 heterocycles. The number of aliphatic hydroxyl groups excluding tert-OH is 1. The third-order valence-electron chi connectivity index (χ3n) is 3.09. The Morgan fingerprint density at radius 1 is 1.58 bits per heavy atom. The zero-order chi connectivity index (χ0) is 14.0. The van der Waals surface area contributed by atoms with Crippen LogP contribution in [0, 0.1) is 0 Å². The van der Waals surface area contributed by atoms with Crippen molar-refractivity contribution >= 4 is 27.7 Å². The van der Waals surface area contributed by atoms with Gasteiger partial charge in [-0.3, -0.25) is 0 Å². The van der Waals surface area contributed by atoms with Crippen molar-refractivity contribution < 1.29 is 19.7 Å². The summed E-state index contributed by atoms with van der Waals surface area (Å²) in [5.41, 5.74) is 0.122. The molecule has 0 aromatic carbocycles. The van der Waals surface area contributed by atoms with E-state index in [1.807, 2.05) is 4.90 Å². The van der Waals surface area contributed by atoms with E-state index in [4.69, 9.17) is 9.84 Å². The Labute approximate surface area is 119 Å². The monoisotopic (exact) mass is 330 g/mol. The van der Waals surface area contributed by atoms with Crippen molar-refractivity contribution in [2.45, 2.75) is 18.6 Å². The highest BCUT2D eigenvalue weighted by molar-refractivity contribution is 9.10. The number of hydrogen-bond donors (Lipinski definition) is 2. The highest BCUT2D eigenvalue weighted by Crippen LogP contribution is 2.27. The van der Waals surface area contributed by atoms with Crippen molar-refractivity contribution in [2.75, 3.05) is 25.1 Å². The van der Waals surface area contributed by atoms with Crippen LogP contribution in [0.15, 0.2) is 16.7 Å². The molecule has 0 bridgehead atoms. The number of aliphatic hydroxyl groups is 1. The summed E-state index contributed by atoms with van der Waals surface area (Å²) in [5.74, 6) is -0.404. The molecule has 2 rings (SSSR count). The average Bonchev–Trinajstić information content (AvgIpc) is 2.37. The number of aromatic carboxylic acids is 1. The summed E-state index contributed by atoms with van der Waals surface area (Å²) < 4.78 is 5.87. The van der Waals surface area contributed by atoms with Crippen LogP contribution in [0.5, 0.6) is 0 Å². The minimum Gasteiger partial charge on any atom is -0.478 e. The molecule has 104 valence electrons. The summed E-state index contributed by atoms with van der Waals surface area (Å²) in [4.78, 5) is 16.9. The second-order valence-corrected chi connectivity index (χ2v) is 5.34. The van der Waals surface area contributed by atoms with Gasteiger partial charge in [0.25, 0.3) is 0 Å². The molecular weight excluding hydrogens is 316 g/mol. The van der Waals surface area contributed by atoms with Crippen LogP contribution < -0.4 is 4.90 Å². The molecule has 1 aliphatic rings. The van der Waals surface area contributed by atoms with Crippen LogP contribution in [0.25, 0.3) is 0 Å². The Morgan fingerprint density at radius 3 is 2.89 bits per heavy atom. The summed E-state index contributed by atoms with van der Waals surface area (Å²) in [6.07, 6.45) is 1.37. The molecule has 2 atom stereocenters. The van der Waals surface area contributed by atoms with Crippen molar-refractivity contribution in [2.24, 2.45) is 0 Å². The minimum absolute atomic E-state index is 0.0587. The molecule has 7 heteroatoms. The van der Waals surface area contributed by atoms with E-state index < -0.39 is 12.1 Å². The lowest BCUT2D eigenvalue weighted by molar-refractivity contribution is 0.0326. The van der Waals surface area contributed by atoms with Gasteiger partial charge in [-0.05, 0) is 22.0 Å². The van der Waals surface area contributed by atoms with Crippen LogP contribution in [-0.4, -0.2) is 53.6 Å². The Hall–Kier alpha value is -1.18. The Balaban J connectivity index is 2.23. The molecular formula is C12H15BrN2O4.